The van der Waals surface area contributed by atoms with Gasteiger partial charge in [0.2, 0.25) is 0 Å². The molecule has 1 saturated heterocycles. The van der Waals surface area contributed by atoms with Gasteiger partial charge in [0.25, 0.3) is 5.79 Å². The van der Waals surface area contributed by atoms with Crippen LogP contribution in [0.3, 0.4) is 0 Å². The van der Waals surface area contributed by atoms with Crippen LogP contribution in [-0.2, 0) is 18.6 Å². The first-order chi connectivity index (χ1) is 9.87. The molecule has 0 bridgehead atoms. The number of aliphatic hydroxyl groups excluding tert-OH is 3. The SMILES string of the molecule is CC1C(O)CC(O)(C(=O)O)OC1C(O)C(O)COP(=O)(O)O. The number of aliphatic hydroxyl groups is 4. The normalized spacial score (nSPS) is 35.9. The molecular weight excluding hydrogens is 327 g/mol. The monoisotopic (exact) mass is 346 g/mol. The predicted molar refractivity (Wildman–Crippen MR) is 67.3 cm³/mol. The first kappa shape index (κ1) is 19.4. The second kappa shape index (κ2) is 6.87. The van der Waals surface area contributed by atoms with Crippen LogP contribution in [0.2, 0.25) is 0 Å². The summed E-state index contributed by atoms with van der Waals surface area (Å²) in [4.78, 5) is 28.0. The van der Waals surface area contributed by atoms with Gasteiger partial charge in [-0.25, -0.2) is 9.36 Å². The number of phosphoric acid groups is 1. The average Bonchev–Trinajstić information content (AvgIpc) is 2.38. The van der Waals surface area contributed by atoms with E-state index in [1.54, 1.807) is 0 Å². The van der Waals surface area contributed by atoms with Gasteiger partial charge < -0.3 is 40.1 Å². The largest absolute Gasteiger partial charge is 0.477 e. The summed E-state index contributed by atoms with van der Waals surface area (Å²) in [7, 11) is -4.87. The molecule has 0 saturated carbocycles. The summed E-state index contributed by atoms with van der Waals surface area (Å²) in [6, 6.07) is 0. The molecule has 1 aliphatic heterocycles. The molecule has 7 N–H and O–H groups in total. The van der Waals surface area contributed by atoms with Crippen molar-refractivity contribution in [3.05, 3.63) is 0 Å². The third kappa shape index (κ3) is 4.69. The van der Waals surface area contributed by atoms with E-state index in [2.05, 4.69) is 4.52 Å². The Balaban J connectivity index is 2.82. The standard InChI is InChI=1S/C10H19O11P/c1-4-5(11)2-10(16,9(14)15)21-8(4)7(13)6(12)3-20-22(17,18)19/h4-8,11-13,16H,2-3H2,1H3,(H,14,15)(H2,17,18,19). The summed E-state index contributed by atoms with van der Waals surface area (Å²) in [5.41, 5.74) is 0. The summed E-state index contributed by atoms with van der Waals surface area (Å²) < 4.78 is 19.4. The molecule has 11 nitrogen and oxygen atoms in total. The van der Waals surface area contributed by atoms with Gasteiger partial charge in [-0.1, -0.05) is 6.92 Å². The minimum Gasteiger partial charge on any atom is -0.477 e. The maximum absolute atomic E-state index is 11.0. The van der Waals surface area contributed by atoms with Gasteiger partial charge in [0.05, 0.1) is 18.8 Å². The molecule has 0 aromatic carbocycles. The molecule has 22 heavy (non-hydrogen) atoms. The highest BCUT2D eigenvalue weighted by Crippen LogP contribution is 2.37. The van der Waals surface area contributed by atoms with Crippen LogP contribution in [0.1, 0.15) is 13.3 Å². The topological polar surface area (TPSA) is 194 Å². The number of phosphoric ester groups is 1. The molecule has 0 aromatic heterocycles. The Morgan fingerprint density at radius 2 is 2.00 bits per heavy atom. The van der Waals surface area contributed by atoms with E-state index in [1.165, 1.54) is 6.92 Å². The van der Waals surface area contributed by atoms with Crippen molar-refractivity contribution in [2.75, 3.05) is 6.61 Å². The number of aliphatic carboxylic acids is 1. The Bertz CT molecular complexity index is 450. The van der Waals surface area contributed by atoms with Crippen molar-refractivity contribution in [1.82, 2.24) is 0 Å². The lowest BCUT2D eigenvalue weighted by Crippen LogP contribution is -2.60. The third-order valence-corrected chi connectivity index (χ3v) is 3.91. The Kier molecular flexibility index (Phi) is 6.07. The number of carbonyl (C=O) groups is 1. The molecule has 6 unspecified atom stereocenters. The molecule has 0 aromatic rings. The molecule has 0 aliphatic carbocycles. The van der Waals surface area contributed by atoms with E-state index in [1.807, 2.05) is 0 Å². The van der Waals surface area contributed by atoms with E-state index in [-0.39, 0.29) is 0 Å². The minimum atomic E-state index is -4.87. The number of hydrogen-bond donors (Lipinski definition) is 7. The first-order valence-electron chi connectivity index (χ1n) is 6.25. The predicted octanol–water partition coefficient (Wildman–Crippen LogP) is -2.62. The quantitative estimate of drug-likeness (QED) is 0.249. The molecule has 0 spiro atoms. The Morgan fingerprint density at radius 1 is 1.45 bits per heavy atom. The highest BCUT2D eigenvalue weighted by molar-refractivity contribution is 7.46. The lowest BCUT2D eigenvalue weighted by molar-refractivity contribution is -0.302. The summed E-state index contributed by atoms with van der Waals surface area (Å²) in [5.74, 6) is -5.39. The molecule has 1 rings (SSSR count). The van der Waals surface area contributed by atoms with Gasteiger partial charge in [0.1, 0.15) is 12.2 Å². The van der Waals surface area contributed by atoms with E-state index in [4.69, 9.17) is 19.6 Å². The number of ether oxygens (including phenoxy) is 1. The number of carboxylic acids is 1. The van der Waals surface area contributed by atoms with Crippen LogP contribution in [0.15, 0.2) is 0 Å². The smallest absolute Gasteiger partial charge is 0.469 e. The van der Waals surface area contributed by atoms with Crippen molar-refractivity contribution in [2.45, 2.75) is 43.5 Å². The average molecular weight is 346 g/mol. The highest BCUT2D eigenvalue weighted by Gasteiger charge is 2.52. The maximum Gasteiger partial charge on any atom is 0.469 e. The Morgan fingerprint density at radius 3 is 2.45 bits per heavy atom. The molecule has 130 valence electrons. The zero-order valence-electron chi connectivity index (χ0n) is 11.5. The number of hydrogen-bond acceptors (Lipinski definition) is 8. The Hall–Kier alpha value is -0.620. The second-order valence-electron chi connectivity index (χ2n) is 5.15. The van der Waals surface area contributed by atoms with Crippen molar-refractivity contribution in [2.24, 2.45) is 5.92 Å². The van der Waals surface area contributed by atoms with Crippen molar-refractivity contribution in [3.8, 4) is 0 Å². The molecule has 0 amide bonds. The van der Waals surface area contributed by atoms with Crippen molar-refractivity contribution >= 4 is 13.8 Å². The second-order valence-corrected chi connectivity index (χ2v) is 6.39. The molecule has 1 aliphatic rings. The van der Waals surface area contributed by atoms with Gasteiger partial charge in [0.15, 0.2) is 0 Å². The fourth-order valence-electron chi connectivity index (χ4n) is 2.08. The first-order valence-corrected chi connectivity index (χ1v) is 7.78. The number of rotatable bonds is 6. The highest BCUT2D eigenvalue weighted by atomic mass is 31.2. The van der Waals surface area contributed by atoms with Gasteiger partial charge in [-0.15, -0.1) is 0 Å². The zero-order valence-corrected chi connectivity index (χ0v) is 12.4. The van der Waals surface area contributed by atoms with Gasteiger partial charge >= 0.3 is 13.8 Å². The van der Waals surface area contributed by atoms with Crippen LogP contribution in [0.5, 0.6) is 0 Å². The fourth-order valence-corrected chi connectivity index (χ4v) is 2.43. The molecular formula is C10H19O11P. The van der Waals surface area contributed by atoms with Crippen molar-refractivity contribution in [1.29, 1.82) is 0 Å². The van der Waals surface area contributed by atoms with E-state index < -0.39 is 62.9 Å². The zero-order chi connectivity index (χ0) is 17.3. The maximum atomic E-state index is 11.0. The molecule has 1 heterocycles. The van der Waals surface area contributed by atoms with Crippen LogP contribution < -0.4 is 0 Å². The van der Waals surface area contributed by atoms with Gasteiger partial charge in [-0.05, 0) is 0 Å². The minimum absolute atomic E-state index is 0.637. The van der Waals surface area contributed by atoms with E-state index in [9.17, 15) is 29.8 Å². The summed E-state index contributed by atoms with van der Waals surface area (Å²) in [6.07, 6.45) is -7.18. The van der Waals surface area contributed by atoms with Gasteiger partial charge in [-0.3, -0.25) is 4.52 Å². The van der Waals surface area contributed by atoms with E-state index >= 15 is 0 Å². The molecule has 12 heteroatoms. The molecule has 0 radical (unpaired) electrons. The van der Waals surface area contributed by atoms with E-state index in [0.29, 0.717) is 0 Å². The Labute approximate surface area is 125 Å². The van der Waals surface area contributed by atoms with Gasteiger partial charge in [0, 0.05) is 12.3 Å². The van der Waals surface area contributed by atoms with Crippen molar-refractivity contribution < 1.29 is 53.9 Å². The van der Waals surface area contributed by atoms with Crippen LogP contribution in [0, 0.1) is 5.92 Å². The molecule has 6 atom stereocenters. The lowest BCUT2D eigenvalue weighted by atomic mass is 9.85. The fraction of sp³-hybridized carbons (Fsp3) is 0.900. The lowest BCUT2D eigenvalue weighted by Gasteiger charge is -2.43. The van der Waals surface area contributed by atoms with E-state index in [0.717, 1.165) is 0 Å². The van der Waals surface area contributed by atoms with Crippen LogP contribution >= 0.6 is 7.82 Å². The van der Waals surface area contributed by atoms with Crippen molar-refractivity contribution in [3.63, 3.8) is 0 Å². The van der Waals surface area contributed by atoms with Crippen LogP contribution in [0.25, 0.3) is 0 Å². The van der Waals surface area contributed by atoms with Crippen LogP contribution in [-0.4, -0.2) is 78.1 Å². The summed E-state index contributed by atoms with van der Waals surface area (Å²) >= 11 is 0. The summed E-state index contributed by atoms with van der Waals surface area (Å²) in [5, 5.41) is 48.0. The third-order valence-electron chi connectivity index (χ3n) is 3.42. The van der Waals surface area contributed by atoms with Crippen LogP contribution in [0.4, 0.5) is 0 Å². The van der Waals surface area contributed by atoms with Gasteiger partial charge in [-0.2, -0.15) is 0 Å². The number of carboxylic acid groups (broad SMARTS) is 1. The summed E-state index contributed by atoms with van der Waals surface area (Å²) in [6.45, 7) is 0.427. The molecule has 1 fully saturated rings.